The van der Waals surface area contributed by atoms with Gasteiger partial charge in [-0.2, -0.15) is 0 Å². The molecule has 102 valence electrons. The number of carbonyl (C=O) groups is 1. The number of nitrogens with one attached hydrogen (secondary N) is 1. The Labute approximate surface area is 108 Å². The van der Waals surface area contributed by atoms with Crippen molar-refractivity contribution in [2.45, 2.75) is 31.9 Å². The van der Waals surface area contributed by atoms with E-state index in [9.17, 15) is 19.3 Å². The minimum Gasteiger partial charge on any atom is -0.474 e. The number of nitrogens with zero attached hydrogens (tertiary/aromatic N) is 1. The third-order valence-electron chi connectivity index (χ3n) is 2.72. The summed E-state index contributed by atoms with van der Waals surface area (Å²) >= 11 is 0. The van der Waals surface area contributed by atoms with Gasteiger partial charge in [-0.05, 0) is 25.8 Å². The van der Waals surface area contributed by atoms with E-state index in [2.05, 4.69) is 5.32 Å². The Morgan fingerprint density at radius 3 is 2.84 bits per heavy atom. The van der Waals surface area contributed by atoms with Crippen molar-refractivity contribution in [3.63, 3.8) is 0 Å². The molecule has 2 rings (SSSR count). The lowest BCUT2D eigenvalue weighted by atomic mass is 10.2. The van der Waals surface area contributed by atoms with Gasteiger partial charge in [-0.15, -0.1) is 0 Å². The number of rotatable bonds is 5. The lowest BCUT2D eigenvalue weighted by Gasteiger charge is -2.14. The van der Waals surface area contributed by atoms with E-state index in [1.54, 1.807) is 0 Å². The van der Waals surface area contributed by atoms with Gasteiger partial charge in [0.25, 0.3) is 5.91 Å². The molecule has 1 saturated carbocycles. The van der Waals surface area contributed by atoms with Crippen molar-refractivity contribution in [3.8, 4) is 5.75 Å². The number of halogens is 1. The number of nitro groups is 1. The number of hydrogen-bond acceptors (Lipinski definition) is 4. The molecule has 19 heavy (non-hydrogen) atoms. The summed E-state index contributed by atoms with van der Waals surface area (Å²) in [5.41, 5.74) is -0.368. The average Bonchev–Trinajstić information content (AvgIpc) is 3.12. The number of hydrogen-bond donors (Lipinski definition) is 1. The van der Waals surface area contributed by atoms with Crippen molar-refractivity contribution >= 4 is 11.6 Å². The Kier molecular flexibility index (Phi) is 3.64. The molecule has 1 fully saturated rings. The third kappa shape index (κ3) is 3.40. The van der Waals surface area contributed by atoms with E-state index in [1.165, 1.54) is 6.92 Å². The number of carbonyl (C=O) groups excluding carboxylic acids is 1. The highest BCUT2D eigenvalue weighted by molar-refractivity contribution is 5.81. The van der Waals surface area contributed by atoms with Gasteiger partial charge in [0.05, 0.1) is 4.92 Å². The summed E-state index contributed by atoms with van der Waals surface area (Å²) in [4.78, 5) is 21.8. The first-order valence-electron chi connectivity index (χ1n) is 5.88. The molecule has 1 aromatic carbocycles. The molecule has 1 aliphatic carbocycles. The first-order chi connectivity index (χ1) is 8.97. The molecule has 1 aliphatic rings. The van der Waals surface area contributed by atoms with Gasteiger partial charge >= 0.3 is 5.69 Å². The minimum atomic E-state index is -0.916. The van der Waals surface area contributed by atoms with Crippen LogP contribution in [0.2, 0.25) is 0 Å². The van der Waals surface area contributed by atoms with E-state index in [1.807, 2.05) is 0 Å². The second-order valence-corrected chi connectivity index (χ2v) is 4.41. The quantitative estimate of drug-likeness (QED) is 0.652. The Balaban J connectivity index is 2.10. The van der Waals surface area contributed by atoms with Crippen LogP contribution in [-0.4, -0.2) is 23.0 Å². The van der Waals surface area contributed by atoms with Crippen LogP contribution in [0.1, 0.15) is 19.8 Å². The highest BCUT2D eigenvalue weighted by atomic mass is 19.1. The van der Waals surface area contributed by atoms with Crippen LogP contribution >= 0.6 is 0 Å². The standard InChI is InChI=1S/C12H13FN2O4/c1-7(12(16)14-9-3-4-9)19-11-6-8(13)2-5-10(11)15(17)18/h2,5-7,9H,3-4H2,1H3,(H,14,16)/t7-/m0/s1. The van der Waals surface area contributed by atoms with Gasteiger partial charge in [0, 0.05) is 18.2 Å². The normalized spacial score (nSPS) is 15.7. The maximum Gasteiger partial charge on any atom is 0.311 e. The fourth-order valence-electron chi connectivity index (χ4n) is 1.52. The number of benzene rings is 1. The maximum absolute atomic E-state index is 13.1. The zero-order valence-corrected chi connectivity index (χ0v) is 10.3. The van der Waals surface area contributed by atoms with Gasteiger partial charge in [-0.3, -0.25) is 14.9 Å². The van der Waals surface area contributed by atoms with Crippen LogP contribution in [0.3, 0.4) is 0 Å². The molecule has 0 spiro atoms. The predicted octanol–water partition coefficient (Wildman–Crippen LogP) is 1.78. The van der Waals surface area contributed by atoms with Crippen molar-refractivity contribution < 1.29 is 18.8 Å². The van der Waals surface area contributed by atoms with Gasteiger partial charge in [0.15, 0.2) is 6.10 Å². The Morgan fingerprint density at radius 2 is 2.26 bits per heavy atom. The van der Waals surface area contributed by atoms with Crippen LogP contribution in [-0.2, 0) is 4.79 Å². The zero-order chi connectivity index (χ0) is 14.0. The van der Waals surface area contributed by atoms with Crippen LogP contribution in [0.4, 0.5) is 10.1 Å². The molecule has 7 heteroatoms. The first-order valence-corrected chi connectivity index (χ1v) is 5.88. The first kappa shape index (κ1) is 13.3. The van der Waals surface area contributed by atoms with E-state index < -0.39 is 16.8 Å². The third-order valence-corrected chi connectivity index (χ3v) is 2.72. The van der Waals surface area contributed by atoms with Crippen molar-refractivity contribution in [1.82, 2.24) is 5.32 Å². The topological polar surface area (TPSA) is 81.5 Å². The summed E-state index contributed by atoms with van der Waals surface area (Å²) in [5, 5.41) is 13.5. The smallest absolute Gasteiger partial charge is 0.311 e. The number of ether oxygens (including phenoxy) is 1. The summed E-state index contributed by atoms with van der Waals surface area (Å²) < 4.78 is 18.3. The summed E-state index contributed by atoms with van der Waals surface area (Å²) in [6.45, 7) is 1.46. The SMILES string of the molecule is C[C@H](Oc1cc(F)ccc1[N+](=O)[O-])C(=O)NC1CC1. The van der Waals surface area contributed by atoms with Crippen LogP contribution < -0.4 is 10.1 Å². The van der Waals surface area contributed by atoms with Gasteiger partial charge in [-0.1, -0.05) is 0 Å². The van der Waals surface area contributed by atoms with E-state index in [-0.39, 0.29) is 23.4 Å². The van der Waals surface area contributed by atoms with Crippen LogP contribution in [0.5, 0.6) is 5.75 Å². The van der Waals surface area contributed by atoms with Gasteiger partial charge in [0.2, 0.25) is 5.75 Å². The Hall–Kier alpha value is -2.18. The molecular weight excluding hydrogens is 255 g/mol. The fraction of sp³-hybridized carbons (Fsp3) is 0.417. The van der Waals surface area contributed by atoms with Gasteiger partial charge < -0.3 is 10.1 Å². The summed E-state index contributed by atoms with van der Waals surface area (Å²) in [7, 11) is 0. The predicted molar refractivity (Wildman–Crippen MR) is 64.3 cm³/mol. The molecule has 0 radical (unpaired) electrons. The van der Waals surface area contributed by atoms with Crippen LogP contribution in [0.15, 0.2) is 18.2 Å². The highest BCUT2D eigenvalue weighted by Crippen LogP contribution is 2.28. The molecule has 0 aromatic heterocycles. The van der Waals surface area contributed by atoms with E-state index in [4.69, 9.17) is 4.74 Å². The molecule has 1 amide bonds. The lowest BCUT2D eigenvalue weighted by molar-refractivity contribution is -0.386. The second-order valence-electron chi connectivity index (χ2n) is 4.41. The summed E-state index contributed by atoms with van der Waals surface area (Å²) in [6.07, 6.45) is 0.943. The second kappa shape index (κ2) is 5.21. The molecule has 1 N–H and O–H groups in total. The summed E-state index contributed by atoms with van der Waals surface area (Å²) in [6, 6.07) is 3.05. The molecule has 6 nitrogen and oxygen atoms in total. The molecule has 0 unspecified atom stereocenters. The average molecular weight is 268 g/mol. The van der Waals surface area contributed by atoms with Crippen molar-refractivity contribution in [2.24, 2.45) is 0 Å². The Morgan fingerprint density at radius 1 is 1.58 bits per heavy atom. The monoisotopic (exact) mass is 268 g/mol. The number of amides is 1. The maximum atomic E-state index is 13.1. The molecular formula is C12H13FN2O4. The van der Waals surface area contributed by atoms with Gasteiger partial charge in [0.1, 0.15) is 5.82 Å². The van der Waals surface area contributed by atoms with E-state index >= 15 is 0 Å². The van der Waals surface area contributed by atoms with Crippen molar-refractivity contribution in [3.05, 3.63) is 34.1 Å². The molecule has 0 aliphatic heterocycles. The lowest BCUT2D eigenvalue weighted by Crippen LogP contribution is -2.37. The van der Waals surface area contributed by atoms with Crippen LogP contribution in [0, 0.1) is 15.9 Å². The van der Waals surface area contributed by atoms with E-state index in [0.717, 1.165) is 31.0 Å². The molecule has 0 saturated heterocycles. The largest absolute Gasteiger partial charge is 0.474 e. The Bertz CT molecular complexity index is 516. The van der Waals surface area contributed by atoms with Crippen molar-refractivity contribution in [1.29, 1.82) is 0 Å². The van der Waals surface area contributed by atoms with E-state index in [0.29, 0.717) is 0 Å². The minimum absolute atomic E-state index is 0.168. The molecule has 0 bridgehead atoms. The molecule has 0 heterocycles. The number of nitro benzene ring substituents is 1. The highest BCUT2D eigenvalue weighted by Gasteiger charge is 2.27. The summed E-state index contributed by atoms with van der Waals surface area (Å²) in [5.74, 6) is -1.26. The molecule has 1 atom stereocenters. The fourth-order valence-corrected chi connectivity index (χ4v) is 1.52. The molecule has 1 aromatic rings. The zero-order valence-electron chi connectivity index (χ0n) is 10.3. The van der Waals surface area contributed by atoms with Crippen LogP contribution in [0.25, 0.3) is 0 Å². The van der Waals surface area contributed by atoms with Gasteiger partial charge in [-0.25, -0.2) is 4.39 Å². The van der Waals surface area contributed by atoms with Crippen molar-refractivity contribution in [2.75, 3.05) is 0 Å².